The van der Waals surface area contributed by atoms with Crippen molar-refractivity contribution in [1.29, 1.82) is 0 Å². The van der Waals surface area contributed by atoms with Gasteiger partial charge in [-0.05, 0) is 43.7 Å². The monoisotopic (exact) mass is 704 g/mol. The zero-order chi connectivity index (χ0) is 38.0. The molecule has 272 valence electrons. The van der Waals surface area contributed by atoms with Gasteiger partial charge in [-0.1, -0.05) is 67.5 Å². The number of nitrogens with zero attached hydrogens (tertiary/aromatic N) is 4. The summed E-state index contributed by atoms with van der Waals surface area (Å²) in [6.07, 6.45) is 2.58. The molecule has 0 saturated heterocycles. The van der Waals surface area contributed by atoms with Gasteiger partial charge in [-0.3, -0.25) is 24.1 Å². The fourth-order valence-corrected chi connectivity index (χ4v) is 5.95. The van der Waals surface area contributed by atoms with Crippen LogP contribution in [0.15, 0.2) is 87.9 Å². The molecule has 3 rings (SSSR count). The summed E-state index contributed by atoms with van der Waals surface area (Å²) in [6, 6.07) is 5.67. The summed E-state index contributed by atoms with van der Waals surface area (Å²) in [6.45, 7) is 6.09. The molecule has 1 aliphatic heterocycles. The number of fused-ring (bicyclic) bond motifs is 2. The van der Waals surface area contributed by atoms with Gasteiger partial charge in [-0.15, -0.1) is 0 Å². The van der Waals surface area contributed by atoms with Gasteiger partial charge in [0.15, 0.2) is 11.9 Å². The number of carbonyl (C=O) groups excluding carboxylic acids is 5. The first-order valence-corrected chi connectivity index (χ1v) is 16.2. The first kappa shape index (κ1) is 40.1. The number of carbonyl (C=O) groups is 5. The number of allylic oxidation sites excluding steroid dienone is 4. The number of azide groups is 1. The Morgan fingerprint density at radius 2 is 1.76 bits per heavy atom. The Labute approximate surface area is 295 Å². The molecule has 15 nitrogen and oxygen atoms in total. The lowest BCUT2D eigenvalue weighted by Gasteiger charge is -2.30. The average Bonchev–Trinajstić information content (AvgIpc) is 3.09. The fraction of sp³-hybridized carbons (Fsp3) is 0.417. The zero-order valence-corrected chi connectivity index (χ0v) is 29.4. The molecule has 0 radical (unpaired) electrons. The van der Waals surface area contributed by atoms with Crippen molar-refractivity contribution in [3.05, 3.63) is 98.8 Å². The van der Waals surface area contributed by atoms with Crippen LogP contribution in [0, 0.1) is 11.8 Å². The molecular formula is C36H44N6O9. The van der Waals surface area contributed by atoms with Crippen LogP contribution >= 0.6 is 0 Å². The van der Waals surface area contributed by atoms with E-state index in [9.17, 15) is 29.1 Å². The summed E-state index contributed by atoms with van der Waals surface area (Å²) in [5.41, 5.74) is 20.6. The van der Waals surface area contributed by atoms with Gasteiger partial charge in [0.25, 0.3) is 5.91 Å². The molecular weight excluding hydrogens is 660 g/mol. The molecule has 1 aromatic carbocycles. The Balaban J connectivity index is 2.18. The normalized spacial score (nSPS) is 28.1. The Morgan fingerprint density at radius 1 is 1.10 bits per heavy atom. The maximum atomic E-state index is 14.1. The second-order valence-corrected chi connectivity index (χ2v) is 12.5. The summed E-state index contributed by atoms with van der Waals surface area (Å²) < 4.78 is 16.6. The fourth-order valence-electron chi connectivity index (χ4n) is 5.95. The van der Waals surface area contributed by atoms with Crippen molar-refractivity contribution in [1.82, 2.24) is 4.90 Å². The molecule has 1 heterocycles. The van der Waals surface area contributed by atoms with Crippen molar-refractivity contribution in [3.63, 3.8) is 0 Å². The molecule has 1 aromatic rings. The second kappa shape index (κ2) is 18.1. The van der Waals surface area contributed by atoms with E-state index < -0.39 is 66.2 Å². The number of rotatable bonds is 7. The number of ether oxygens (including phenoxy) is 3. The van der Waals surface area contributed by atoms with Crippen molar-refractivity contribution in [2.45, 2.75) is 65.0 Å². The van der Waals surface area contributed by atoms with Crippen LogP contribution in [0.5, 0.6) is 0 Å². The number of aliphatic hydroxyl groups excluding tert-OH is 1. The smallest absolute Gasteiger partial charge is 0.405 e. The van der Waals surface area contributed by atoms with E-state index in [0.29, 0.717) is 5.57 Å². The van der Waals surface area contributed by atoms with E-state index in [4.69, 9.17) is 31.2 Å². The van der Waals surface area contributed by atoms with Crippen LogP contribution in [0.25, 0.3) is 10.4 Å². The van der Waals surface area contributed by atoms with Gasteiger partial charge < -0.3 is 30.8 Å². The number of nitrogens with two attached hydrogens (primary N) is 2. The van der Waals surface area contributed by atoms with Crippen molar-refractivity contribution < 1.29 is 43.3 Å². The quantitative estimate of drug-likeness (QED) is 0.0910. The third-order valence-corrected chi connectivity index (χ3v) is 8.73. The molecule has 6 atom stereocenters. The summed E-state index contributed by atoms with van der Waals surface area (Å²) in [7, 11) is 2.83. The van der Waals surface area contributed by atoms with Gasteiger partial charge in [-0.2, -0.15) is 0 Å². The molecule has 2 bridgehead atoms. The predicted molar refractivity (Wildman–Crippen MR) is 187 cm³/mol. The van der Waals surface area contributed by atoms with E-state index >= 15 is 0 Å². The van der Waals surface area contributed by atoms with E-state index in [2.05, 4.69) is 10.0 Å². The minimum absolute atomic E-state index is 0.00201. The van der Waals surface area contributed by atoms with Gasteiger partial charge in [0.05, 0.1) is 30.1 Å². The van der Waals surface area contributed by atoms with Crippen molar-refractivity contribution in [3.8, 4) is 0 Å². The number of ketones is 3. The summed E-state index contributed by atoms with van der Waals surface area (Å²) in [5.74, 6) is -3.61. The zero-order valence-electron chi connectivity index (χ0n) is 29.4. The summed E-state index contributed by atoms with van der Waals surface area (Å²) in [4.78, 5) is 70.4. The average molecular weight is 705 g/mol. The van der Waals surface area contributed by atoms with Gasteiger partial charge in [-0.25, -0.2) is 4.79 Å². The molecule has 5 N–H and O–H groups in total. The molecule has 2 amide bonds. The first-order chi connectivity index (χ1) is 24.1. The predicted octanol–water partition coefficient (Wildman–Crippen LogP) is 4.26. The first-order valence-electron chi connectivity index (χ1n) is 16.2. The van der Waals surface area contributed by atoms with Crippen LogP contribution < -0.4 is 11.5 Å². The standard InChI is InChI=1S/C36H44N6O9/c1-19-14-25-31(37)27(43)17-26(33(25)46)42(18-28(44)23-10-12-24(13-11-23)40-41-39)35(47)20(2)8-7-9-29(49-5)34(51-36(38)48)22(4)16-21(3)32(45)30(15-19)50-6/h7-13,16-17,19,21,29-30,32,34,45H,14-15,18,37H2,1-6H3,(H2,38,48)/b9-7-,20-8+,22-16+/t19-,21+,29+,30+,32-,34+/m1/s1. The van der Waals surface area contributed by atoms with Gasteiger partial charge in [0, 0.05) is 53.5 Å². The molecule has 0 unspecified atom stereocenters. The van der Waals surface area contributed by atoms with E-state index in [1.165, 1.54) is 63.6 Å². The van der Waals surface area contributed by atoms with Gasteiger partial charge in [0.1, 0.15) is 6.10 Å². The van der Waals surface area contributed by atoms with Crippen LogP contribution in [0.2, 0.25) is 0 Å². The minimum atomic E-state index is -1.06. The number of methoxy groups -OCH3 is 2. The highest BCUT2D eigenvalue weighted by atomic mass is 16.6. The Bertz CT molecular complexity index is 1740. The number of Topliss-reactive ketones (excluding diaryl/α,β-unsaturated/α-hetero) is 2. The van der Waals surface area contributed by atoms with Crippen LogP contribution in [-0.4, -0.2) is 84.5 Å². The topological polar surface area (TPSA) is 237 Å². The maximum absolute atomic E-state index is 14.1. The molecule has 0 saturated carbocycles. The van der Waals surface area contributed by atoms with Crippen molar-refractivity contribution in [2.75, 3.05) is 20.8 Å². The number of aliphatic hydroxyl groups is 1. The van der Waals surface area contributed by atoms with Crippen LogP contribution in [0.4, 0.5) is 10.5 Å². The van der Waals surface area contributed by atoms with Crippen molar-refractivity contribution in [2.24, 2.45) is 28.4 Å². The van der Waals surface area contributed by atoms with Crippen LogP contribution in [0.1, 0.15) is 50.9 Å². The number of hydrogen-bond donors (Lipinski definition) is 3. The van der Waals surface area contributed by atoms with E-state index in [1.54, 1.807) is 26.8 Å². The van der Waals surface area contributed by atoms with Crippen LogP contribution in [0.3, 0.4) is 0 Å². The minimum Gasteiger partial charge on any atom is -0.439 e. The molecule has 0 aromatic heterocycles. The van der Waals surface area contributed by atoms with Gasteiger partial charge >= 0.3 is 6.09 Å². The lowest BCUT2D eigenvalue weighted by molar-refractivity contribution is -0.128. The molecule has 51 heavy (non-hydrogen) atoms. The highest BCUT2D eigenvalue weighted by Crippen LogP contribution is 2.30. The third-order valence-electron chi connectivity index (χ3n) is 8.73. The lowest BCUT2D eigenvalue weighted by Crippen LogP contribution is -2.41. The maximum Gasteiger partial charge on any atom is 0.405 e. The van der Waals surface area contributed by atoms with Crippen LogP contribution in [-0.2, 0) is 28.6 Å². The largest absolute Gasteiger partial charge is 0.439 e. The number of benzene rings is 1. The Hall–Kier alpha value is -5.34. The van der Waals surface area contributed by atoms with Crippen molar-refractivity contribution >= 4 is 35.0 Å². The molecule has 0 spiro atoms. The number of amides is 2. The SMILES string of the molecule is CO[C@H]1/C=C\C=C(/C)C(=O)N(CC(=O)c2ccc(N=[N+]=[N-])cc2)C2=CC(=O)C(N)=C(C[C@@H](C)C[C@H](OC)[C@H](O)[C@@H](C)/C=C(\C)[C@@H]1OC(N)=O)C2=O. The van der Waals surface area contributed by atoms with E-state index in [0.717, 1.165) is 11.0 Å². The van der Waals surface area contributed by atoms with E-state index in [-0.39, 0.29) is 52.6 Å². The van der Waals surface area contributed by atoms with E-state index in [1.807, 2.05) is 0 Å². The third kappa shape index (κ3) is 10.1. The summed E-state index contributed by atoms with van der Waals surface area (Å²) >= 11 is 0. The molecule has 15 heteroatoms. The Kier molecular flexibility index (Phi) is 14.2. The Morgan fingerprint density at radius 3 is 2.35 bits per heavy atom. The molecule has 1 aliphatic carbocycles. The summed E-state index contributed by atoms with van der Waals surface area (Å²) in [5, 5.41) is 14.8. The lowest BCUT2D eigenvalue weighted by atomic mass is 9.85. The van der Waals surface area contributed by atoms with Gasteiger partial charge in [0.2, 0.25) is 11.6 Å². The number of primary amides is 1. The molecule has 0 fully saturated rings. The second-order valence-electron chi connectivity index (χ2n) is 12.5. The molecule has 2 aliphatic rings. The highest BCUT2D eigenvalue weighted by Gasteiger charge is 2.36. The highest BCUT2D eigenvalue weighted by molar-refractivity contribution is 6.23. The number of hydrogen-bond acceptors (Lipinski definition) is 11.